The summed E-state index contributed by atoms with van der Waals surface area (Å²) in [5.41, 5.74) is 0.948. The molecule has 0 aliphatic carbocycles. The fraction of sp³-hybridized carbons (Fsp3) is 0.250. The third-order valence-electron chi connectivity index (χ3n) is 1.63. The van der Waals surface area contributed by atoms with Gasteiger partial charge in [0.05, 0.1) is 7.11 Å². The van der Waals surface area contributed by atoms with Crippen LogP contribution in [0, 0.1) is 6.92 Å². The van der Waals surface area contributed by atoms with Crippen molar-refractivity contribution in [3.05, 3.63) is 23.8 Å². The van der Waals surface area contributed by atoms with E-state index in [0.29, 0.717) is 4.90 Å². The normalized spacial score (nSPS) is 12.6. The highest BCUT2D eigenvalue weighted by Gasteiger charge is 2.06. The smallest absolute Gasteiger partial charge is 0.175 e. The second-order valence-corrected chi connectivity index (χ2v) is 3.65. The number of hydrogen-bond donors (Lipinski definition) is 1. The van der Waals surface area contributed by atoms with Crippen LogP contribution in [-0.2, 0) is 15.2 Å². The molecule has 0 bridgehead atoms. The molecule has 0 aliphatic heterocycles. The minimum atomic E-state index is -1.73. The molecule has 0 radical (unpaired) electrons. The van der Waals surface area contributed by atoms with Gasteiger partial charge in [-0.1, -0.05) is 4.21 Å². The maximum absolute atomic E-state index is 10.9. The van der Waals surface area contributed by atoms with Crippen LogP contribution in [0.1, 0.15) is 5.56 Å². The predicted octanol–water partition coefficient (Wildman–Crippen LogP) is 0.932. The van der Waals surface area contributed by atoms with Gasteiger partial charge < -0.3 is 4.74 Å². The highest BCUT2D eigenvalue weighted by atomic mass is 32.2. The van der Waals surface area contributed by atoms with Crippen molar-refractivity contribution in [1.29, 1.82) is 0 Å². The van der Waals surface area contributed by atoms with E-state index in [1.165, 1.54) is 0 Å². The van der Waals surface area contributed by atoms with Crippen LogP contribution >= 0.6 is 0 Å². The average Bonchev–Trinajstić information content (AvgIpc) is 2.04. The molecule has 0 saturated heterocycles. The molecule has 1 rings (SSSR count). The topological polar surface area (TPSA) is 52.3 Å². The summed E-state index contributed by atoms with van der Waals surface area (Å²) in [5.74, 6) is 0.788. The van der Waals surface area contributed by atoms with E-state index in [9.17, 15) is 4.21 Å². The minimum absolute atomic E-state index is 0.656. The molecule has 0 spiro atoms. The lowest BCUT2D eigenvalue weighted by molar-refractivity contribution is 0.411. The summed E-state index contributed by atoms with van der Waals surface area (Å²) < 4.78 is 15.9. The number of ether oxygens (including phenoxy) is 1. The van der Waals surface area contributed by atoms with E-state index >= 15 is 0 Å². The lowest BCUT2D eigenvalue weighted by Crippen LogP contribution is -2.01. The van der Waals surface area contributed by atoms with Crippen molar-refractivity contribution in [2.45, 2.75) is 11.8 Å². The number of rotatable bonds is 2. The fourth-order valence-electron chi connectivity index (χ4n) is 1.000. The molecule has 1 atom stereocenters. The maximum Gasteiger partial charge on any atom is 0.175 e. The van der Waals surface area contributed by atoms with Gasteiger partial charge in [0, 0.05) is 6.07 Å². The molecule has 2 N–H and O–H groups in total. The molecular weight excluding hydrogens is 174 g/mol. The summed E-state index contributed by atoms with van der Waals surface area (Å²) in [7, 11) is -0.133. The second kappa shape index (κ2) is 3.69. The van der Waals surface area contributed by atoms with Crippen molar-refractivity contribution in [3.8, 4) is 5.75 Å². The zero-order valence-electron chi connectivity index (χ0n) is 7.07. The highest BCUT2D eigenvalue weighted by Crippen LogP contribution is 2.19. The molecule has 1 aromatic rings. The molecule has 3 nitrogen and oxygen atoms in total. The van der Waals surface area contributed by atoms with Crippen molar-refractivity contribution in [2.75, 3.05) is 7.11 Å². The molecule has 0 aromatic heterocycles. The summed E-state index contributed by atoms with van der Waals surface area (Å²) in [4.78, 5) is 0.656. The second-order valence-electron chi connectivity index (χ2n) is 2.48. The van der Waals surface area contributed by atoms with Crippen LogP contribution in [0.15, 0.2) is 23.1 Å². The number of hydrogen-bond acceptors (Lipinski definition) is 2. The quantitative estimate of drug-likeness (QED) is 0.552. The molecule has 4 heteroatoms. The Morgan fingerprint density at radius 1 is 1.50 bits per heavy atom. The lowest BCUT2D eigenvalue weighted by atomic mass is 10.2. The van der Waals surface area contributed by atoms with Crippen molar-refractivity contribution >= 4 is 11.0 Å². The molecule has 1 unspecified atom stereocenters. The summed E-state index contributed by atoms with van der Waals surface area (Å²) in [6.07, 6.45) is 0. The Balaban J connectivity index is 3.10. The van der Waals surface area contributed by atoms with E-state index in [4.69, 9.17) is 9.88 Å². The van der Waals surface area contributed by atoms with Crippen LogP contribution in [0.5, 0.6) is 5.75 Å². The summed E-state index contributed by atoms with van der Waals surface area (Å²) in [5, 5.41) is 5.24. The third kappa shape index (κ3) is 1.84. The van der Waals surface area contributed by atoms with Gasteiger partial charge in [0.2, 0.25) is 0 Å². The van der Waals surface area contributed by atoms with Gasteiger partial charge in [0.15, 0.2) is 15.9 Å². The van der Waals surface area contributed by atoms with Gasteiger partial charge in [-0.2, -0.15) is 0 Å². The zero-order chi connectivity index (χ0) is 9.14. The summed E-state index contributed by atoms with van der Waals surface area (Å²) in [6.45, 7) is 1.89. The van der Waals surface area contributed by atoms with Crippen molar-refractivity contribution in [1.82, 2.24) is 0 Å². The van der Waals surface area contributed by atoms with E-state index < -0.39 is 11.0 Å². The highest BCUT2D eigenvalue weighted by molar-refractivity contribution is 7.82. The molecule has 0 aliphatic rings. The lowest BCUT2D eigenvalue weighted by Gasteiger charge is -2.02. The summed E-state index contributed by atoms with van der Waals surface area (Å²) >= 11 is 0. The first-order valence-corrected chi connectivity index (χ1v) is 4.84. The Morgan fingerprint density at radius 3 is 2.58 bits per heavy atom. The molecule has 0 amide bonds. The van der Waals surface area contributed by atoms with Gasteiger partial charge in [0.1, 0.15) is 5.75 Å². The Labute approximate surface area is 74.1 Å². The standard InChI is InChI=1S/C8H11NO2S/c1-6-5-7(12(9)10)3-4-8(6)11-2/h3-5H,1-2H3,(H2,9,10)/p+1. The van der Waals surface area contributed by atoms with Gasteiger partial charge in [-0.05, 0) is 24.6 Å². The molecule has 1 aromatic carbocycles. The number of aryl methyl sites for hydroxylation is 1. The first-order chi connectivity index (χ1) is 5.65. The Bertz CT molecular complexity index is 312. The SMILES string of the molecule is COc1ccc([SH+](N)=O)cc1C. The number of benzene rings is 1. The Morgan fingerprint density at radius 2 is 2.17 bits per heavy atom. The van der Waals surface area contributed by atoms with Crippen molar-refractivity contribution < 1.29 is 8.95 Å². The number of nitrogens with two attached hydrogens (primary N) is 1. The largest absolute Gasteiger partial charge is 0.496 e. The van der Waals surface area contributed by atoms with Crippen LogP contribution < -0.4 is 9.88 Å². The van der Waals surface area contributed by atoms with Gasteiger partial charge >= 0.3 is 0 Å². The fourth-order valence-corrected chi connectivity index (χ4v) is 1.54. The van der Waals surface area contributed by atoms with Crippen LogP contribution in [-0.4, -0.2) is 7.11 Å². The third-order valence-corrected chi connectivity index (χ3v) is 2.42. The van der Waals surface area contributed by atoms with E-state index in [-0.39, 0.29) is 0 Å². The first-order valence-electron chi connectivity index (χ1n) is 3.51. The van der Waals surface area contributed by atoms with Crippen LogP contribution in [0.3, 0.4) is 0 Å². The van der Waals surface area contributed by atoms with Gasteiger partial charge in [-0.15, -0.1) is 5.14 Å². The van der Waals surface area contributed by atoms with Crippen molar-refractivity contribution in [2.24, 2.45) is 5.14 Å². The van der Waals surface area contributed by atoms with Gasteiger partial charge in [-0.3, -0.25) is 0 Å². The molecule has 66 valence electrons. The monoisotopic (exact) mass is 186 g/mol. The average molecular weight is 186 g/mol. The van der Waals surface area contributed by atoms with E-state index in [0.717, 1.165) is 11.3 Å². The van der Waals surface area contributed by atoms with Crippen molar-refractivity contribution in [3.63, 3.8) is 0 Å². The van der Waals surface area contributed by atoms with Gasteiger partial charge in [-0.25, -0.2) is 0 Å². The Kier molecular flexibility index (Phi) is 2.83. The Hall–Kier alpha value is -0.870. The zero-order valence-corrected chi connectivity index (χ0v) is 7.97. The maximum atomic E-state index is 10.9. The van der Waals surface area contributed by atoms with Crippen LogP contribution in [0.25, 0.3) is 0 Å². The number of thiol groups is 1. The minimum Gasteiger partial charge on any atom is -0.496 e. The summed E-state index contributed by atoms with van der Waals surface area (Å²) in [6, 6.07) is 5.26. The molecular formula is C8H12NO2S+. The van der Waals surface area contributed by atoms with Crippen LogP contribution in [0.2, 0.25) is 0 Å². The molecule has 0 fully saturated rings. The molecule has 0 heterocycles. The number of methoxy groups -OCH3 is 1. The first kappa shape index (κ1) is 9.22. The van der Waals surface area contributed by atoms with E-state index in [1.807, 2.05) is 6.92 Å². The van der Waals surface area contributed by atoms with Gasteiger partial charge in [0.25, 0.3) is 0 Å². The van der Waals surface area contributed by atoms with E-state index in [2.05, 4.69) is 0 Å². The molecule has 0 saturated carbocycles. The predicted molar refractivity (Wildman–Crippen MR) is 49.6 cm³/mol. The molecule has 12 heavy (non-hydrogen) atoms. The van der Waals surface area contributed by atoms with E-state index in [1.54, 1.807) is 25.3 Å². The van der Waals surface area contributed by atoms with Crippen LogP contribution in [0.4, 0.5) is 0 Å².